The third-order valence-electron chi connectivity index (χ3n) is 2.41. The number of rotatable bonds is 3. The molecule has 18 heavy (non-hydrogen) atoms. The van der Waals surface area contributed by atoms with Crippen molar-refractivity contribution < 1.29 is 14.1 Å². The van der Waals surface area contributed by atoms with E-state index in [1.807, 2.05) is 0 Å². The van der Waals surface area contributed by atoms with E-state index in [4.69, 9.17) is 4.74 Å². The van der Waals surface area contributed by atoms with Crippen LogP contribution in [0, 0.1) is 15.9 Å². The molecule has 92 valence electrons. The molecule has 1 aromatic heterocycles. The van der Waals surface area contributed by atoms with Crippen LogP contribution >= 0.6 is 0 Å². The third kappa shape index (κ3) is 2.13. The lowest BCUT2D eigenvalue weighted by Gasteiger charge is -2.04. The van der Waals surface area contributed by atoms with Crippen LogP contribution in [-0.2, 0) is 0 Å². The Morgan fingerprint density at radius 3 is 2.72 bits per heavy atom. The van der Waals surface area contributed by atoms with Crippen molar-refractivity contribution in [1.82, 2.24) is 4.98 Å². The van der Waals surface area contributed by atoms with Crippen LogP contribution in [0.4, 0.5) is 10.2 Å². The zero-order chi connectivity index (χ0) is 13.1. The number of ether oxygens (including phenoxy) is 1. The Kier molecular flexibility index (Phi) is 3.18. The van der Waals surface area contributed by atoms with Crippen molar-refractivity contribution in [1.29, 1.82) is 0 Å². The zero-order valence-electron chi connectivity index (χ0n) is 9.46. The van der Waals surface area contributed by atoms with Gasteiger partial charge in [-0.2, -0.15) is 0 Å². The first-order valence-electron chi connectivity index (χ1n) is 5.07. The van der Waals surface area contributed by atoms with Crippen LogP contribution in [-0.4, -0.2) is 17.0 Å². The smallest absolute Gasteiger partial charge is 0.406 e. The van der Waals surface area contributed by atoms with Crippen molar-refractivity contribution in [3.63, 3.8) is 0 Å². The molecule has 0 aliphatic rings. The number of halogens is 1. The molecule has 5 nitrogen and oxygen atoms in total. The molecule has 1 aromatic carbocycles. The van der Waals surface area contributed by atoms with Gasteiger partial charge < -0.3 is 14.9 Å². The molecule has 2 aromatic rings. The molecular weight excluding hydrogens is 239 g/mol. The molecule has 0 saturated carbocycles. The molecule has 1 heterocycles. The van der Waals surface area contributed by atoms with Gasteiger partial charge in [-0.25, -0.2) is 4.39 Å². The molecule has 0 atom stereocenters. The van der Waals surface area contributed by atoms with Gasteiger partial charge in [0.05, 0.1) is 7.11 Å². The lowest BCUT2D eigenvalue weighted by molar-refractivity contribution is -0.390. The SMILES string of the molecule is COc1cc(-c2ccccc2F)cnc1[N+](=O)[O-]. The maximum atomic E-state index is 13.6. The molecule has 0 unspecified atom stereocenters. The van der Waals surface area contributed by atoms with Gasteiger partial charge in [0.1, 0.15) is 12.0 Å². The number of benzene rings is 1. The van der Waals surface area contributed by atoms with Crippen LogP contribution in [0.25, 0.3) is 11.1 Å². The highest BCUT2D eigenvalue weighted by Crippen LogP contribution is 2.30. The molecule has 0 aliphatic heterocycles. The molecule has 0 saturated heterocycles. The minimum Gasteiger partial charge on any atom is -0.489 e. The summed E-state index contributed by atoms with van der Waals surface area (Å²) < 4.78 is 18.4. The maximum Gasteiger partial charge on any atom is 0.406 e. The number of hydrogen-bond donors (Lipinski definition) is 0. The topological polar surface area (TPSA) is 65.3 Å². The van der Waals surface area contributed by atoms with Crippen LogP contribution in [0.3, 0.4) is 0 Å². The van der Waals surface area contributed by atoms with Gasteiger partial charge in [-0.05, 0) is 16.0 Å². The molecule has 0 spiro atoms. The third-order valence-corrected chi connectivity index (χ3v) is 2.41. The summed E-state index contributed by atoms with van der Waals surface area (Å²) in [5.74, 6) is -0.812. The monoisotopic (exact) mass is 248 g/mol. The van der Waals surface area contributed by atoms with Crippen molar-refractivity contribution in [3.8, 4) is 16.9 Å². The minimum absolute atomic E-state index is 0.000697. The van der Waals surface area contributed by atoms with Gasteiger partial charge in [0.25, 0.3) is 0 Å². The van der Waals surface area contributed by atoms with Gasteiger partial charge in [-0.1, -0.05) is 18.2 Å². The molecule has 2 rings (SSSR count). The Bertz CT molecular complexity index is 602. The molecular formula is C12H9FN2O3. The van der Waals surface area contributed by atoms with Gasteiger partial charge in [0.2, 0.25) is 5.75 Å². The summed E-state index contributed by atoms with van der Waals surface area (Å²) in [4.78, 5) is 13.7. The Morgan fingerprint density at radius 1 is 1.39 bits per heavy atom. The molecule has 0 fully saturated rings. The quantitative estimate of drug-likeness (QED) is 0.618. The first kappa shape index (κ1) is 12.0. The highest BCUT2D eigenvalue weighted by Gasteiger charge is 2.18. The molecule has 6 heteroatoms. The highest BCUT2D eigenvalue weighted by atomic mass is 19.1. The second-order valence-electron chi connectivity index (χ2n) is 3.49. The van der Waals surface area contributed by atoms with Crippen LogP contribution in [0.15, 0.2) is 36.5 Å². The van der Waals surface area contributed by atoms with Crippen LogP contribution in [0.1, 0.15) is 0 Å². The van der Waals surface area contributed by atoms with Gasteiger partial charge in [-0.15, -0.1) is 0 Å². The Hall–Kier alpha value is -2.50. The van der Waals surface area contributed by atoms with Gasteiger partial charge in [0, 0.05) is 17.2 Å². The summed E-state index contributed by atoms with van der Waals surface area (Å²) in [6, 6.07) is 7.51. The normalized spacial score (nSPS) is 10.1. The van der Waals surface area contributed by atoms with Crippen molar-refractivity contribution >= 4 is 5.82 Å². The Labute approximate surface area is 102 Å². The van der Waals surface area contributed by atoms with E-state index in [-0.39, 0.29) is 5.75 Å². The lowest BCUT2D eigenvalue weighted by Crippen LogP contribution is -1.97. The Balaban J connectivity index is 2.55. The summed E-state index contributed by atoms with van der Waals surface area (Å²) in [5, 5.41) is 10.7. The van der Waals surface area contributed by atoms with E-state index < -0.39 is 16.6 Å². The predicted octanol–water partition coefficient (Wildman–Crippen LogP) is 2.80. The molecule has 0 amide bonds. The Morgan fingerprint density at radius 2 is 2.11 bits per heavy atom. The predicted molar refractivity (Wildman–Crippen MR) is 62.8 cm³/mol. The van der Waals surface area contributed by atoms with E-state index in [0.29, 0.717) is 11.1 Å². The van der Waals surface area contributed by atoms with Crippen molar-refractivity contribution in [2.75, 3.05) is 7.11 Å². The minimum atomic E-state index is -0.649. The summed E-state index contributed by atoms with van der Waals surface area (Å²) in [7, 11) is 1.30. The van der Waals surface area contributed by atoms with E-state index in [1.54, 1.807) is 18.2 Å². The zero-order valence-corrected chi connectivity index (χ0v) is 9.46. The average molecular weight is 248 g/mol. The van der Waals surface area contributed by atoms with Gasteiger partial charge in [0.15, 0.2) is 0 Å². The fraction of sp³-hybridized carbons (Fsp3) is 0.0833. The van der Waals surface area contributed by atoms with Crippen LogP contribution in [0.5, 0.6) is 5.75 Å². The first-order chi connectivity index (χ1) is 8.63. The molecule has 0 N–H and O–H groups in total. The number of hydrogen-bond acceptors (Lipinski definition) is 4. The molecule has 0 radical (unpaired) electrons. The summed E-state index contributed by atoms with van der Waals surface area (Å²) >= 11 is 0. The van der Waals surface area contributed by atoms with Crippen molar-refractivity contribution in [2.24, 2.45) is 0 Å². The van der Waals surface area contributed by atoms with E-state index >= 15 is 0 Å². The van der Waals surface area contributed by atoms with E-state index in [9.17, 15) is 14.5 Å². The summed E-state index contributed by atoms with van der Waals surface area (Å²) in [6.07, 6.45) is 1.25. The number of nitro groups is 1. The number of nitrogens with zero attached hydrogens (tertiary/aromatic N) is 2. The van der Waals surface area contributed by atoms with Gasteiger partial charge in [-0.3, -0.25) is 0 Å². The molecule has 0 bridgehead atoms. The summed E-state index contributed by atoms with van der Waals surface area (Å²) in [5.41, 5.74) is 0.744. The second-order valence-corrected chi connectivity index (χ2v) is 3.49. The number of pyridine rings is 1. The standard InChI is InChI=1S/C12H9FN2O3/c1-18-11-6-8(7-14-12(11)15(16)17)9-4-2-3-5-10(9)13/h2-7H,1H3. The number of methoxy groups -OCH3 is 1. The second kappa shape index (κ2) is 4.79. The summed E-state index contributed by atoms with van der Waals surface area (Å²) in [6.45, 7) is 0. The van der Waals surface area contributed by atoms with E-state index in [2.05, 4.69) is 4.98 Å². The highest BCUT2D eigenvalue weighted by molar-refractivity contribution is 5.66. The first-order valence-corrected chi connectivity index (χ1v) is 5.07. The van der Waals surface area contributed by atoms with Gasteiger partial charge >= 0.3 is 5.82 Å². The maximum absolute atomic E-state index is 13.6. The van der Waals surface area contributed by atoms with E-state index in [1.165, 1.54) is 25.4 Å². The lowest BCUT2D eigenvalue weighted by atomic mass is 10.1. The average Bonchev–Trinajstić information content (AvgIpc) is 2.38. The fourth-order valence-corrected chi connectivity index (χ4v) is 1.57. The number of aromatic nitrogens is 1. The van der Waals surface area contributed by atoms with Crippen LogP contribution < -0.4 is 4.74 Å². The van der Waals surface area contributed by atoms with Crippen molar-refractivity contribution in [2.45, 2.75) is 0 Å². The van der Waals surface area contributed by atoms with Crippen molar-refractivity contribution in [3.05, 3.63) is 52.5 Å². The fourth-order valence-electron chi connectivity index (χ4n) is 1.57. The van der Waals surface area contributed by atoms with Crippen LogP contribution in [0.2, 0.25) is 0 Å². The largest absolute Gasteiger partial charge is 0.489 e. The molecule has 0 aliphatic carbocycles. The van der Waals surface area contributed by atoms with E-state index in [0.717, 1.165) is 0 Å².